The predicted octanol–water partition coefficient (Wildman–Crippen LogP) is 0.228. The van der Waals surface area contributed by atoms with Gasteiger partial charge in [-0.05, 0) is 12.1 Å². The molecule has 49 valence electrons. The van der Waals surface area contributed by atoms with Gasteiger partial charge < -0.3 is 9.79 Å². The van der Waals surface area contributed by atoms with Gasteiger partial charge in [0.2, 0.25) is 0 Å². The van der Waals surface area contributed by atoms with Crippen LogP contribution in [0.3, 0.4) is 0 Å². The number of rotatable bonds is 1. The van der Waals surface area contributed by atoms with Gasteiger partial charge in [-0.2, -0.15) is 0 Å². The molecule has 0 aliphatic carbocycles. The Kier molecular flexibility index (Phi) is 6.51. The van der Waals surface area contributed by atoms with Gasteiger partial charge in [0.1, 0.15) is 0 Å². The fourth-order valence-corrected chi connectivity index (χ4v) is 1.00. The first kappa shape index (κ1) is 11.2. The van der Waals surface area contributed by atoms with Gasteiger partial charge in [0.15, 0.2) is 8.38 Å². The van der Waals surface area contributed by atoms with Crippen molar-refractivity contribution >= 4 is 65.1 Å². The second-order valence-corrected chi connectivity index (χ2v) is 2.72. The van der Waals surface area contributed by atoms with E-state index in [2.05, 4.69) is 0 Å². The SMILES string of the molecule is OP(O)c1ccccc1.[K]. The summed E-state index contributed by atoms with van der Waals surface area (Å²) < 4.78 is 0. The van der Waals surface area contributed by atoms with Crippen molar-refractivity contribution in [3.63, 3.8) is 0 Å². The Hall–Kier alpha value is 1.21. The maximum atomic E-state index is 8.64. The molecule has 1 radical (unpaired) electrons. The van der Waals surface area contributed by atoms with E-state index in [9.17, 15) is 0 Å². The van der Waals surface area contributed by atoms with Gasteiger partial charge in [-0.15, -0.1) is 0 Å². The maximum Gasteiger partial charge on any atom is 0.199 e. The van der Waals surface area contributed by atoms with E-state index in [1.807, 2.05) is 6.07 Å². The molecule has 1 rings (SSSR count). The van der Waals surface area contributed by atoms with Gasteiger partial charge in [-0.1, -0.05) is 18.2 Å². The van der Waals surface area contributed by atoms with Crippen LogP contribution in [-0.4, -0.2) is 61.2 Å². The van der Waals surface area contributed by atoms with Gasteiger partial charge in [-0.3, -0.25) is 0 Å². The maximum absolute atomic E-state index is 8.64. The molecular formula is C6H7KO2P. The number of hydrogen-bond acceptors (Lipinski definition) is 2. The molecule has 0 saturated heterocycles. The van der Waals surface area contributed by atoms with E-state index in [0.29, 0.717) is 5.30 Å². The number of benzene rings is 1. The summed E-state index contributed by atoms with van der Waals surface area (Å²) in [4.78, 5) is 17.3. The van der Waals surface area contributed by atoms with Crippen LogP contribution in [-0.2, 0) is 0 Å². The van der Waals surface area contributed by atoms with Crippen molar-refractivity contribution in [3.8, 4) is 0 Å². The molecule has 0 bridgehead atoms. The summed E-state index contributed by atoms with van der Waals surface area (Å²) in [5.41, 5.74) is 0. The van der Waals surface area contributed by atoms with Crippen molar-refractivity contribution in [3.05, 3.63) is 30.3 Å². The Labute approximate surface area is 104 Å². The molecule has 2 N–H and O–H groups in total. The second kappa shape index (κ2) is 5.81. The first-order chi connectivity index (χ1) is 4.30. The van der Waals surface area contributed by atoms with Crippen molar-refractivity contribution in [2.24, 2.45) is 0 Å². The van der Waals surface area contributed by atoms with Gasteiger partial charge in [-0.25, -0.2) is 0 Å². The van der Waals surface area contributed by atoms with Crippen LogP contribution in [0.5, 0.6) is 0 Å². The molecule has 0 fully saturated rings. The van der Waals surface area contributed by atoms with E-state index in [0.717, 1.165) is 0 Å². The molecule has 1 aromatic rings. The van der Waals surface area contributed by atoms with Gasteiger partial charge in [0, 0.05) is 56.7 Å². The van der Waals surface area contributed by atoms with Crippen LogP contribution in [0.4, 0.5) is 0 Å². The number of hydrogen-bond donors (Lipinski definition) is 2. The smallest absolute Gasteiger partial charge is 0.199 e. The molecule has 0 aliphatic heterocycles. The summed E-state index contributed by atoms with van der Waals surface area (Å²) >= 11 is 0. The van der Waals surface area contributed by atoms with Crippen LogP contribution in [0.25, 0.3) is 0 Å². The Morgan fingerprint density at radius 2 is 1.50 bits per heavy atom. The molecule has 4 heteroatoms. The monoisotopic (exact) mass is 181 g/mol. The Morgan fingerprint density at radius 3 is 1.80 bits per heavy atom. The van der Waals surface area contributed by atoms with Crippen LogP contribution in [0.2, 0.25) is 0 Å². The van der Waals surface area contributed by atoms with Crippen molar-refractivity contribution in [2.45, 2.75) is 0 Å². The first-order valence-corrected chi connectivity index (χ1v) is 3.78. The largest absolute Gasteiger partial charge is 0.347 e. The summed E-state index contributed by atoms with van der Waals surface area (Å²) in [7, 11) is -1.90. The van der Waals surface area contributed by atoms with Crippen molar-refractivity contribution in [1.82, 2.24) is 0 Å². The zero-order valence-electron chi connectivity index (χ0n) is 5.73. The average Bonchev–Trinajstić information content (AvgIpc) is 1.90. The van der Waals surface area contributed by atoms with Crippen molar-refractivity contribution in [1.29, 1.82) is 0 Å². The van der Waals surface area contributed by atoms with Gasteiger partial charge >= 0.3 is 0 Å². The minimum atomic E-state index is -1.90. The van der Waals surface area contributed by atoms with E-state index in [1.54, 1.807) is 24.3 Å². The molecule has 0 aliphatic rings. The molecule has 0 spiro atoms. The summed E-state index contributed by atoms with van der Waals surface area (Å²) in [6, 6.07) is 8.76. The van der Waals surface area contributed by atoms with Crippen LogP contribution in [0.15, 0.2) is 30.3 Å². The molecule has 0 aromatic heterocycles. The summed E-state index contributed by atoms with van der Waals surface area (Å²) in [5.74, 6) is 0. The van der Waals surface area contributed by atoms with E-state index in [-0.39, 0.29) is 51.4 Å². The van der Waals surface area contributed by atoms with E-state index in [4.69, 9.17) is 9.79 Å². The molecule has 1 aromatic carbocycles. The first-order valence-electron chi connectivity index (χ1n) is 2.53. The third-order valence-electron chi connectivity index (χ3n) is 0.987. The Balaban J connectivity index is 0.000000810. The molecule has 2 nitrogen and oxygen atoms in total. The van der Waals surface area contributed by atoms with E-state index >= 15 is 0 Å². The molecular weight excluding hydrogens is 174 g/mol. The third kappa shape index (κ3) is 3.55. The quantitative estimate of drug-likeness (QED) is 0.481. The van der Waals surface area contributed by atoms with Crippen LogP contribution in [0, 0.1) is 0 Å². The topological polar surface area (TPSA) is 40.5 Å². The minimum absolute atomic E-state index is 0. The van der Waals surface area contributed by atoms with Crippen molar-refractivity contribution in [2.75, 3.05) is 0 Å². The van der Waals surface area contributed by atoms with Crippen LogP contribution in [0.1, 0.15) is 0 Å². The van der Waals surface area contributed by atoms with E-state index < -0.39 is 8.38 Å². The predicted molar refractivity (Wildman–Crippen MR) is 43.2 cm³/mol. The molecule has 0 heterocycles. The zero-order chi connectivity index (χ0) is 6.69. The molecule has 0 amide bonds. The van der Waals surface area contributed by atoms with Crippen LogP contribution < -0.4 is 5.30 Å². The van der Waals surface area contributed by atoms with Crippen molar-refractivity contribution < 1.29 is 9.79 Å². The van der Waals surface area contributed by atoms with Crippen LogP contribution >= 0.6 is 8.38 Å². The molecule has 0 unspecified atom stereocenters. The standard InChI is InChI=1S/C6H7O2P.K/c7-9(8)6-4-2-1-3-5-6;/h1-5,7-8H;. The fourth-order valence-electron chi connectivity index (χ4n) is 0.561. The summed E-state index contributed by atoms with van der Waals surface area (Å²) in [5, 5.41) is 0.590. The van der Waals surface area contributed by atoms with Gasteiger partial charge in [0.05, 0.1) is 0 Å². The van der Waals surface area contributed by atoms with Gasteiger partial charge in [0.25, 0.3) is 0 Å². The van der Waals surface area contributed by atoms with E-state index in [1.165, 1.54) is 0 Å². The Bertz CT molecular complexity index is 178. The second-order valence-electron chi connectivity index (χ2n) is 1.62. The normalized spacial score (nSPS) is 9.10. The fraction of sp³-hybridized carbons (Fsp3) is 0. The minimum Gasteiger partial charge on any atom is -0.347 e. The Morgan fingerprint density at radius 1 is 1.00 bits per heavy atom. The molecule has 0 saturated carbocycles. The zero-order valence-corrected chi connectivity index (χ0v) is 9.75. The molecule has 0 atom stereocenters. The summed E-state index contributed by atoms with van der Waals surface area (Å²) in [6.07, 6.45) is 0. The molecule has 10 heavy (non-hydrogen) atoms. The summed E-state index contributed by atoms with van der Waals surface area (Å²) in [6.45, 7) is 0. The third-order valence-corrected chi connectivity index (χ3v) is 1.75. The average molecular weight is 181 g/mol.